The average Bonchev–Trinajstić information content (AvgIpc) is 2.99. The minimum absolute atomic E-state index is 0.217. The first-order valence-corrected chi connectivity index (χ1v) is 11.0. The van der Waals surface area contributed by atoms with Crippen molar-refractivity contribution in [1.82, 2.24) is 14.7 Å². The Morgan fingerprint density at radius 2 is 1.79 bits per heavy atom. The zero-order valence-corrected chi connectivity index (χ0v) is 17.9. The Morgan fingerprint density at radius 3 is 2.50 bits per heavy atom. The van der Waals surface area contributed by atoms with Gasteiger partial charge >= 0.3 is 0 Å². The van der Waals surface area contributed by atoms with Gasteiger partial charge in [0.15, 0.2) is 0 Å². The Hall–Kier alpha value is -1.14. The van der Waals surface area contributed by atoms with Crippen LogP contribution in [0, 0.1) is 5.92 Å². The van der Waals surface area contributed by atoms with Crippen LogP contribution in [0.2, 0.25) is 0 Å². The SMILES string of the molecule is COc1ccc(CN2C[C@H]3CC[C@@H](C2)N(CC(C)(C)N2CCOCC2)C3)cc1. The van der Waals surface area contributed by atoms with Crippen LogP contribution >= 0.6 is 0 Å². The first kappa shape index (κ1) is 20.1. The molecule has 0 spiro atoms. The molecule has 1 aromatic rings. The molecule has 4 fully saturated rings. The number of morpholine rings is 1. The summed E-state index contributed by atoms with van der Waals surface area (Å²) in [6, 6.07) is 9.28. The summed E-state index contributed by atoms with van der Waals surface area (Å²) >= 11 is 0. The first-order chi connectivity index (χ1) is 13.5. The summed E-state index contributed by atoms with van der Waals surface area (Å²) in [6.07, 6.45) is 2.74. The maximum Gasteiger partial charge on any atom is 0.118 e. The largest absolute Gasteiger partial charge is 0.497 e. The Morgan fingerprint density at radius 1 is 1.04 bits per heavy atom. The normalized spacial score (nSPS) is 27.7. The number of rotatable bonds is 6. The van der Waals surface area contributed by atoms with Crippen molar-refractivity contribution >= 4 is 0 Å². The zero-order valence-electron chi connectivity index (χ0n) is 17.9. The fourth-order valence-corrected chi connectivity index (χ4v) is 5.35. The molecular formula is C23H37N3O2. The van der Waals surface area contributed by atoms with Gasteiger partial charge in [-0.25, -0.2) is 0 Å². The predicted molar refractivity (Wildman–Crippen MR) is 113 cm³/mol. The molecule has 5 nitrogen and oxygen atoms in total. The van der Waals surface area contributed by atoms with Gasteiger partial charge in [-0.3, -0.25) is 14.7 Å². The molecule has 0 aliphatic carbocycles. The van der Waals surface area contributed by atoms with E-state index >= 15 is 0 Å². The summed E-state index contributed by atoms with van der Waals surface area (Å²) in [4.78, 5) is 8.12. The van der Waals surface area contributed by atoms with Crippen LogP contribution in [0.1, 0.15) is 32.3 Å². The molecule has 4 aliphatic rings. The number of nitrogens with zero attached hydrogens (tertiary/aromatic N) is 3. The van der Waals surface area contributed by atoms with Crippen LogP contribution in [0.3, 0.4) is 0 Å². The van der Waals surface area contributed by atoms with Crippen molar-refractivity contribution in [1.29, 1.82) is 0 Å². The molecule has 5 heteroatoms. The van der Waals surface area contributed by atoms with Crippen LogP contribution < -0.4 is 4.74 Å². The quantitative estimate of drug-likeness (QED) is 0.748. The third-order valence-electron chi connectivity index (χ3n) is 6.92. The highest BCUT2D eigenvalue weighted by Gasteiger charge is 2.38. The first-order valence-electron chi connectivity index (χ1n) is 11.0. The predicted octanol–water partition coefficient (Wildman–Crippen LogP) is 2.70. The van der Waals surface area contributed by atoms with Crippen molar-refractivity contribution in [3.63, 3.8) is 0 Å². The zero-order chi connectivity index (χ0) is 19.6. The summed E-state index contributed by atoms with van der Waals surface area (Å²) in [5.74, 6) is 1.74. The van der Waals surface area contributed by atoms with E-state index in [-0.39, 0.29) is 5.54 Å². The molecule has 0 radical (unpaired) electrons. The van der Waals surface area contributed by atoms with Crippen molar-refractivity contribution in [2.24, 2.45) is 5.92 Å². The van der Waals surface area contributed by atoms with Gasteiger partial charge in [-0.1, -0.05) is 12.1 Å². The number of hydrogen-bond donors (Lipinski definition) is 0. The molecule has 156 valence electrons. The topological polar surface area (TPSA) is 28.2 Å². The number of fused-ring (bicyclic) bond motifs is 4. The van der Waals surface area contributed by atoms with Crippen LogP contribution in [0.4, 0.5) is 0 Å². The third-order valence-corrected chi connectivity index (χ3v) is 6.92. The van der Waals surface area contributed by atoms with Crippen molar-refractivity contribution < 1.29 is 9.47 Å². The molecule has 0 aromatic heterocycles. The van der Waals surface area contributed by atoms with Crippen LogP contribution in [-0.2, 0) is 11.3 Å². The third kappa shape index (κ3) is 4.70. The van der Waals surface area contributed by atoms with E-state index in [2.05, 4.69) is 52.8 Å². The van der Waals surface area contributed by atoms with Crippen molar-refractivity contribution in [2.75, 3.05) is 59.6 Å². The van der Waals surface area contributed by atoms with E-state index in [0.29, 0.717) is 6.04 Å². The van der Waals surface area contributed by atoms with Crippen LogP contribution in [0.15, 0.2) is 24.3 Å². The number of benzene rings is 1. The maximum atomic E-state index is 5.57. The van der Waals surface area contributed by atoms with Crippen molar-refractivity contribution in [3.8, 4) is 5.75 Å². The molecule has 2 atom stereocenters. The summed E-state index contributed by atoms with van der Waals surface area (Å²) in [5.41, 5.74) is 1.61. The monoisotopic (exact) mass is 387 g/mol. The lowest BCUT2D eigenvalue weighted by atomic mass is 9.92. The van der Waals surface area contributed by atoms with Gasteiger partial charge in [0.25, 0.3) is 0 Å². The highest BCUT2D eigenvalue weighted by Crippen LogP contribution is 2.31. The molecule has 4 saturated heterocycles. The van der Waals surface area contributed by atoms with Gasteiger partial charge in [-0.15, -0.1) is 0 Å². The Balaban J connectivity index is 1.38. The fraction of sp³-hybridized carbons (Fsp3) is 0.739. The standard InChI is InChI=1S/C23H37N3O2/c1-23(2,26-10-12-28-13-11-26)18-25-16-20-4-7-21(25)17-24(15-20)14-19-5-8-22(27-3)9-6-19/h5-6,8-9,20-21H,4,7,10-18H2,1-3H3/t20-,21+/m1/s1. The molecule has 4 aliphatic heterocycles. The van der Waals surface area contributed by atoms with E-state index < -0.39 is 0 Å². The molecular weight excluding hydrogens is 350 g/mol. The average molecular weight is 388 g/mol. The fourth-order valence-electron chi connectivity index (χ4n) is 5.35. The summed E-state index contributed by atoms with van der Waals surface area (Å²) in [5, 5.41) is 0. The van der Waals surface area contributed by atoms with Gasteiger partial charge in [0, 0.05) is 57.4 Å². The smallest absolute Gasteiger partial charge is 0.118 e. The molecule has 0 amide bonds. The Bertz CT molecular complexity index is 627. The lowest BCUT2D eigenvalue weighted by Crippen LogP contribution is -2.58. The summed E-state index contributed by atoms with van der Waals surface area (Å²) in [7, 11) is 1.73. The van der Waals surface area contributed by atoms with E-state index in [0.717, 1.165) is 44.5 Å². The Labute approximate surface area is 170 Å². The van der Waals surface area contributed by atoms with Crippen LogP contribution in [0.5, 0.6) is 5.75 Å². The van der Waals surface area contributed by atoms with Gasteiger partial charge in [0.1, 0.15) is 5.75 Å². The molecule has 28 heavy (non-hydrogen) atoms. The molecule has 2 bridgehead atoms. The van der Waals surface area contributed by atoms with Crippen LogP contribution in [-0.4, -0.2) is 85.9 Å². The molecule has 1 aromatic carbocycles. The molecule has 0 unspecified atom stereocenters. The van der Waals surface area contributed by atoms with Crippen molar-refractivity contribution in [2.45, 2.75) is 44.8 Å². The second kappa shape index (κ2) is 8.70. The number of hydrogen-bond acceptors (Lipinski definition) is 5. The van der Waals surface area contributed by atoms with E-state index in [4.69, 9.17) is 9.47 Å². The van der Waals surface area contributed by atoms with Gasteiger partial charge in [0.05, 0.1) is 20.3 Å². The van der Waals surface area contributed by atoms with E-state index in [1.807, 2.05) is 0 Å². The van der Waals surface area contributed by atoms with E-state index in [9.17, 15) is 0 Å². The number of ether oxygens (including phenoxy) is 2. The highest BCUT2D eigenvalue weighted by atomic mass is 16.5. The van der Waals surface area contributed by atoms with Gasteiger partial charge < -0.3 is 9.47 Å². The minimum Gasteiger partial charge on any atom is -0.497 e. The lowest BCUT2D eigenvalue weighted by Gasteiger charge is -2.46. The molecule has 0 N–H and O–H groups in total. The van der Waals surface area contributed by atoms with E-state index in [1.165, 1.54) is 44.6 Å². The highest BCUT2D eigenvalue weighted by molar-refractivity contribution is 5.27. The molecule has 4 heterocycles. The van der Waals surface area contributed by atoms with E-state index in [1.54, 1.807) is 7.11 Å². The minimum atomic E-state index is 0.217. The van der Waals surface area contributed by atoms with Crippen LogP contribution in [0.25, 0.3) is 0 Å². The second-order valence-corrected chi connectivity index (χ2v) is 9.48. The molecule has 5 rings (SSSR count). The van der Waals surface area contributed by atoms with Gasteiger partial charge in [0.2, 0.25) is 0 Å². The number of methoxy groups -OCH3 is 1. The Kier molecular flexibility index (Phi) is 6.26. The second-order valence-electron chi connectivity index (χ2n) is 9.48. The van der Waals surface area contributed by atoms with Crippen molar-refractivity contribution in [3.05, 3.63) is 29.8 Å². The summed E-state index contributed by atoms with van der Waals surface area (Å²) in [6.45, 7) is 14.7. The lowest BCUT2D eigenvalue weighted by molar-refractivity contribution is -0.0310. The number of piperidine rings is 1. The summed E-state index contributed by atoms with van der Waals surface area (Å²) < 4.78 is 10.9. The van der Waals surface area contributed by atoms with Gasteiger partial charge in [-0.05, 0) is 50.3 Å². The van der Waals surface area contributed by atoms with Gasteiger partial charge in [-0.2, -0.15) is 0 Å². The molecule has 0 saturated carbocycles. The maximum absolute atomic E-state index is 5.57.